The summed E-state index contributed by atoms with van der Waals surface area (Å²) in [6.45, 7) is 0. The van der Waals surface area contributed by atoms with E-state index in [1.807, 2.05) is 0 Å². The van der Waals surface area contributed by atoms with Gasteiger partial charge in [-0.25, -0.2) is 8.42 Å². The van der Waals surface area contributed by atoms with Crippen LogP contribution in [0.5, 0.6) is 0 Å². The maximum atomic E-state index is 13.1. The quantitative estimate of drug-likeness (QED) is 0.913. The van der Waals surface area contributed by atoms with E-state index in [1.165, 1.54) is 10.4 Å². The lowest BCUT2D eigenvalue weighted by molar-refractivity contribution is -0.121. The lowest BCUT2D eigenvalue weighted by atomic mass is 9.85. The number of sulfonamides is 1. The van der Waals surface area contributed by atoms with Crippen LogP contribution in [0.25, 0.3) is 0 Å². The SMILES string of the molecule is NC(=O)[C@@H]1C[C@@H]2CCCC[C@H]2N1S(=O)(=O)c1ccccc1Cl. The molecule has 1 aromatic rings. The van der Waals surface area contributed by atoms with Gasteiger partial charge in [-0.05, 0) is 37.3 Å². The fourth-order valence-corrected chi connectivity index (χ4v) is 6.15. The van der Waals surface area contributed by atoms with Gasteiger partial charge in [0.15, 0.2) is 0 Å². The molecule has 1 heterocycles. The second-order valence-electron chi connectivity index (χ2n) is 6.03. The molecule has 7 heteroatoms. The van der Waals surface area contributed by atoms with E-state index >= 15 is 0 Å². The minimum Gasteiger partial charge on any atom is -0.368 e. The largest absolute Gasteiger partial charge is 0.368 e. The van der Waals surface area contributed by atoms with Crippen molar-refractivity contribution in [3.8, 4) is 0 Å². The predicted molar refractivity (Wildman–Crippen MR) is 83.8 cm³/mol. The highest BCUT2D eigenvalue weighted by Gasteiger charge is 2.50. The van der Waals surface area contributed by atoms with Gasteiger partial charge in [-0.2, -0.15) is 4.31 Å². The normalized spacial score (nSPS) is 29.2. The van der Waals surface area contributed by atoms with E-state index in [2.05, 4.69) is 0 Å². The Kier molecular flexibility index (Phi) is 4.18. The molecule has 1 aromatic carbocycles. The van der Waals surface area contributed by atoms with Crippen LogP contribution in [0.2, 0.25) is 5.02 Å². The number of carbonyl (C=O) groups excluding carboxylic acids is 1. The number of carbonyl (C=O) groups is 1. The summed E-state index contributed by atoms with van der Waals surface area (Å²) in [6, 6.07) is 5.42. The Morgan fingerprint density at radius 2 is 1.91 bits per heavy atom. The van der Waals surface area contributed by atoms with Crippen LogP contribution in [0.15, 0.2) is 29.2 Å². The lowest BCUT2D eigenvalue weighted by Crippen LogP contribution is -2.48. The van der Waals surface area contributed by atoms with Crippen molar-refractivity contribution in [1.82, 2.24) is 4.31 Å². The van der Waals surface area contributed by atoms with Crippen molar-refractivity contribution in [1.29, 1.82) is 0 Å². The Bertz CT molecular complexity index is 692. The number of nitrogens with zero attached hydrogens (tertiary/aromatic N) is 1. The first kappa shape index (κ1) is 15.8. The van der Waals surface area contributed by atoms with E-state index in [0.29, 0.717) is 6.42 Å². The van der Waals surface area contributed by atoms with Gasteiger partial charge in [0, 0.05) is 6.04 Å². The van der Waals surface area contributed by atoms with Crippen LogP contribution < -0.4 is 5.73 Å². The number of primary amides is 1. The van der Waals surface area contributed by atoms with Gasteiger partial charge in [0.1, 0.15) is 10.9 Å². The number of nitrogens with two attached hydrogens (primary N) is 1. The molecule has 120 valence electrons. The van der Waals surface area contributed by atoms with E-state index in [1.54, 1.807) is 18.2 Å². The fourth-order valence-electron chi connectivity index (χ4n) is 3.77. The summed E-state index contributed by atoms with van der Waals surface area (Å²) in [4.78, 5) is 11.9. The molecule has 2 fully saturated rings. The zero-order valence-corrected chi connectivity index (χ0v) is 13.7. The fraction of sp³-hybridized carbons (Fsp3) is 0.533. The summed E-state index contributed by atoms with van der Waals surface area (Å²) in [5.41, 5.74) is 5.48. The van der Waals surface area contributed by atoms with E-state index in [0.717, 1.165) is 25.7 Å². The van der Waals surface area contributed by atoms with Gasteiger partial charge in [-0.3, -0.25) is 4.79 Å². The minimum atomic E-state index is -3.83. The van der Waals surface area contributed by atoms with Crippen LogP contribution >= 0.6 is 11.6 Å². The standard InChI is InChI=1S/C15H19ClN2O3S/c16-11-6-2-4-8-14(11)22(20,21)18-12-7-3-1-5-10(12)9-13(18)15(17)19/h2,4,6,8,10,12-13H,1,3,5,7,9H2,(H2,17,19)/t10-,12+,13-/m0/s1. The van der Waals surface area contributed by atoms with Crippen LogP contribution in [0.1, 0.15) is 32.1 Å². The average Bonchev–Trinajstić information content (AvgIpc) is 2.88. The number of halogens is 1. The Morgan fingerprint density at radius 3 is 2.59 bits per heavy atom. The van der Waals surface area contributed by atoms with Crippen LogP contribution in [0, 0.1) is 5.92 Å². The number of rotatable bonds is 3. The van der Waals surface area contributed by atoms with Crippen molar-refractivity contribution in [3.05, 3.63) is 29.3 Å². The van der Waals surface area contributed by atoms with Crippen molar-refractivity contribution >= 4 is 27.5 Å². The maximum Gasteiger partial charge on any atom is 0.245 e. The molecule has 3 rings (SSSR count). The lowest BCUT2D eigenvalue weighted by Gasteiger charge is -2.32. The molecule has 0 bridgehead atoms. The molecule has 0 spiro atoms. The summed E-state index contributed by atoms with van der Waals surface area (Å²) in [7, 11) is -3.83. The molecule has 1 saturated heterocycles. The van der Waals surface area contributed by atoms with E-state index in [-0.39, 0.29) is 21.9 Å². The highest BCUT2D eigenvalue weighted by molar-refractivity contribution is 7.89. The van der Waals surface area contributed by atoms with Crippen molar-refractivity contribution in [2.24, 2.45) is 11.7 Å². The van der Waals surface area contributed by atoms with Crippen molar-refractivity contribution in [3.63, 3.8) is 0 Å². The second kappa shape index (κ2) is 5.83. The molecule has 3 atom stereocenters. The van der Waals surface area contributed by atoms with Gasteiger partial charge < -0.3 is 5.73 Å². The molecule has 2 aliphatic rings. The Hall–Kier alpha value is -1.11. The monoisotopic (exact) mass is 342 g/mol. The summed E-state index contributed by atoms with van der Waals surface area (Å²) < 4.78 is 27.5. The van der Waals surface area contributed by atoms with E-state index < -0.39 is 22.0 Å². The van der Waals surface area contributed by atoms with Crippen LogP contribution in [-0.4, -0.2) is 30.7 Å². The van der Waals surface area contributed by atoms with Crippen molar-refractivity contribution in [2.45, 2.75) is 49.1 Å². The van der Waals surface area contributed by atoms with Gasteiger partial charge in [0.2, 0.25) is 15.9 Å². The summed E-state index contributed by atoms with van der Waals surface area (Å²) in [6.07, 6.45) is 4.29. The first-order valence-electron chi connectivity index (χ1n) is 7.50. The van der Waals surface area contributed by atoms with Gasteiger partial charge in [0.25, 0.3) is 0 Å². The predicted octanol–water partition coefficient (Wildman–Crippen LogP) is 2.15. The maximum absolute atomic E-state index is 13.1. The molecular weight excluding hydrogens is 324 g/mol. The van der Waals surface area contributed by atoms with E-state index in [9.17, 15) is 13.2 Å². The molecule has 0 radical (unpaired) electrons. The first-order chi connectivity index (χ1) is 10.4. The highest BCUT2D eigenvalue weighted by Crippen LogP contribution is 2.43. The number of benzene rings is 1. The molecule has 0 unspecified atom stereocenters. The number of hydrogen-bond acceptors (Lipinski definition) is 3. The second-order valence-corrected chi connectivity index (χ2v) is 8.25. The molecule has 2 N–H and O–H groups in total. The molecule has 1 aliphatic carbocycles. The van der Waals surface area contributed by atoms with Gasteiger partial charge in [-0.1, -0.05) is 36.6 Å². The summed E-state index contributed by atoms with van der Waals surface area (Å²) in [5.74, 6) is -0.367. The third-order valence-corrected chi connectivity index (χ3v) is 7.18. The van der Waals surface area contributed by atoms with Crippen molar-refractivity contribution in [2.75, 3.05) is 0 Å². The van der Waals surface area contributed by atoms with Crippen LogP contribution in [0.4, 0.5) is 0 Å². The number of amides is 1. The molecule has 1 aliphatic heterocycles. The highest BCUT2D eigenvalue weighted by atomic mass is 35.5. The third-order valence-electron chi connectivity index (χ3n) is 4.75. The number of fused-ring (bicyclic) bond motifs is 1. The molecule has 22 heavy (non-hydrogen) atoms. The summed E-state index contributed by atoms with van der Waals surface area (Å²) in [5, 5.41) is 0.171. The topological polar surface area (TPSA) is 80.5 Å². The van der Waals surface area contributed by atoms with Crippen LogP contribution in [0.3, 0.4) is 0 Å². The molecule has 1 amide bonds. The van der Waals surface area contributed by atoms with Crippen molar-refractivity contribution < 1.29 is 13.2 Å². The van der Waals surface area contributed by atoms with E-state index in [4.69, 9.17) is 17.3 Å². The first-order valence-corrected chi connectivity index (χ1v) is 9.32. The Balaban J connectivity index is 2.06. The third kappa shape index (κ3) is 2.53. The van der Waals surface area contributed by atoms with Gasteiger partial charge >= 0.3 is 0 Å². The zero-order chi connectivity index (χ0) is 15.9. The van der Waals surface area contributed by atoms with Gasteiger partial charge in [0.05, 0.1) is 5.02 Å². The average molecular weight is 343 g/mol. The molecular formula is C15H19ClN2O3S. The zero-order valence-electron chi connectivity index (χ0n) is 12.1. The Morgan fingerprint density at radius 1 is 1.23 bits per heavy atom. The molecule has 1 saturated carbocycles. The molecule has 0 aromatic heterocycles. The minimum absolute atomic E-state index is 0.0501. The number of hydrogen-bond donors (Lipinski definition) is 1. The van der Waals surface area contributed by atoms with Gasteiger partial charge in [-0.15, -0.1) is 0 Å². The Labute approximate surface area is 135 Å². The smallest absolute Gasteiger partial charge is 0.245 e. The molecule has 5 nitrogen and oxygen atoms in total. The summed E-state index contributed by atoms with van der Waals surface area (Å²) >= 11 is 6.07. The van der Waals surface area contributed by atoms with Crippen LogP contribution in [-0.2, 0) is 14.8 Å².